The standard InChI is InChI=1S/C21H27FN6O2/c22-15-2-1-3-16-20(15)21(30)26-17(25-16)5-7-19(29)28-10-8-27(9-11-28)18-6-4-14(12-23)13-24-18/h4,6,13,15-17,20,25H,1-3,5,7-11H2,(H,26,30). The van der Waals surface area contributed by atoms with E-state index in [0.29, 0.717) is 51.0 Å². The van der Waals surface area contributed by atoms with Crippen LogP contribution >= 0.6 is 0 Å². The molecule has 2 saturated heterocycles. The second-order valence-electron chi connectivity index (χ2n) is 8.23. The van der Waals surface area contributed by atoms with Gasteiger partial charge in [0, 0.05) is 44.8 Å². The molecular weight excluding hydrogens is 387 g/mol. The summed E-state index contributed by atoms with van der Waals surface area (Å²) in [5, 5.41) is 15.0. The van der Waals surface area contributed by atoms with E-state index in [1.807, 2.05) is 11.0 Å². The van der Waals surface area contributed by atoms with Gasteiger partial charge in [0.1, 0.15) is 18.1 Å². The number of aromatic nitrogens is 1. The summed E-state index contributed by atoms with van der Waals surface area (Å²) >= 11 is 0. The molecule has 1 aliphatic carbocycles. The van der Waals surface area contributed by atoms with Crippen molar-refractivity contribution >= 4 is 17.6 Å². The van der Waals surface area contributed by atoms with Gasteiger partial charge in [-0.05, 0) is 37.8 Å². The summed E-state index contributed by atoms with van der Waals surface area (Å²) in [6.45, 7) is 2.59. The Morgan fingerprint density at radius 1 is 1.27 bits per heavy atom. The number of carbonyl (C=O) groups is 2. The second-order valence-corrected chi connectivity index (χ2v) is 8.23. The first-order valence-electron chi connectivity index (χ1n) is 10.6. The Kier molecular flexibility index (Phi) is 6.13. The summed E-state index contributed by atoms with van der Waals surface area (Å²) < 4.78 is 14.1. The summed E-state index contributed by atoms with van der Waals surface area (Å²) in [6.07, 6.45) is 3.06. The van der Waals surface area contributed by atoms with E-state index in [0.717, 1.165) is 18.7 Å². The minimum atomic E-state index is -1.08. The Hall–Kier alpha value is -2.73. The van der Waals surface area contributed by atoms with Crippen LogP contribution in [0.3, 0.4) is 0 Å². The minimum Gasteiger partial charge on any atom is -0.353 e. The number of amides is 2. The largest absolute Gasteiger partial charge is 0.353 e. The van der Waals surface area contributed by atoms with E-state index in [2.05, 4.69) is 26.6 Å². The molecule has 2 N–H and O–H groups in total. The smallest absolute Gasteiger partial charge is 0.228 e. The molecule has 1 saturated carbocycles. The molecule has 3 fully saturated rings. The first-order chi connectivity index (χ1) is 14.5. The molecule has 160 valence electrons. The average molecular weight is 414 g/mol. The average Bonchev–Trinajstić information content (AvgIpc) is 2.77. The Bertz CT molecular complexity index is 818. The van der Waals surface area contributed by atoms with Crippen LogP contribution in [0, 0.1) is 17.2 Å². The minimum absolute atomic E-state index is 0.0626. The van der Waals surface area contributed by atoms with Crippen molar-refractivity contribution in [1.82, 2.24) is 20.5 Å². The Morgan fingerprint density at radius 3 is 2.77 bits per heavy atom. The Balaban J connectivity index is 1.23. The molecule has 30 heavy (non-hydrogen) atoms. The fourth-order valence-electron chi connectivity index (χ4n) is 4.65. The van der Waals surface area contributed by atoms with Crippen molar-refractivity contribution in [3.05, 3.63) is 23.9 Å². The van der Waals surface area contributed by atoms with Crippen molar-refractivity contribution in [2.45, 2.75) is 50.5 Å². The van der Waals surface area contributed by atoms with E-state index < -0.39 is 12.1 Å². The van der Waals surface area contributed by atoms with Gasteiger partial charge < -0.3 is 15.1 Å². The quantitative estimate of drug-likeness (QED) is 0.760. The number of rotatable bonds is 4. The third-order valence-corrected chi connectivity index (χ3v) is 6.33. The molecule has 3 heterocycles. The molecule has 0 spiro atoms. The number of nitrogens with one attached hydrogen (secondary N) is 2. The molecule has 1 aromatic heterocycles. The van der Waals surface area contributed by atoms with Crippen LogP contribution in [-0.4, -0.2) is 66.3 Å². The number of alkyl halides is 1. The number of fused-ring (bicyclic) bond motifs is 1. The van der Waals surface area contributed by atoms with Gasteiger partial charge in [0.05, 0.1) is 17.6 Å². The lowest BCUT2D eigenvalue weighted by Crippen LogP contribution is -2.64. The lowest BCUT2D eigenvalue weighted by Gasteiger charge is -2.41. The van der Waals surface area contributed by atoms with Crippen LogP contribution in [0.4, 0.5) is 10.2 Å². The van der Waals surface area contributed by atoms with Crippen LogP contribution in [0.2, 0.25) is 0 Å². The zero-order valence-corrected chi connectivity index (χ0v) is 16.9. The van der Waals surface area contributed by atoms with Gasteiger partial charge in [-0.2, -0.15) is 5.26 Å². The van der Waals surface area contributed by atoms with Crippen molar-refractivity contribution in [1.29, 1.82) is 5.26 Å². The lowest BCUT2D eigenvalue weighted by molar-refractivity contribution is -0.136. The third kappa shape index (κ3) is 4.38. The van der Waals surface area contributed by atoms with Crippen LogP contribution in [0.15, 0.2) is 18.3 Å². The highest BCUT2D eigenvalue weighted by molar-refractivity contribution is 5.81. The number of nitriles is 1. The zero-order chi connectivity index (χ0) is 21.1. The molecule has 0 bridgehead atoms. The predicted octanol–water partition coefficient (Wildman–Crippen LogP) is 0.934. The summed E-state index contributed by atoms with van der Waals surface area (Å²) in [5.41, 5.74) is 0.526. The van der Waals surface area contributed by atoms with Gasteiger partial charge in [-0.3, -0.25) is 14.9 Å². The van der Waals surface area contributed by atoms with Crippen molar-refractivity contribution < 1.29 is 14.0 Å². The number of piperazine rings is 1. The van der Waals surface area contributed by atoms with Crippen LogP contribution in [-0.2, 0) is 9.59 Å². The number of pyridine rings is 1. The SMILES string of the molecule is N#Cc1ccc(N2CCN(C(=O)CCC3NC(=O)C4C(F)CCCC4N3)CC2)nc1. The highest BCUT2D eigenvalue weighted by Gasteiger charge is 2.43. The summed E-state index contributed by atoms with van der Waals surface area (Å²) in [6, 6.07) is 5.49. The van der Waals surface area contributed by atoms with E-state index in [4.69, 9.17) is 5.26 Å². The molecule has 0 radical (unpaired) electrons. The van der Waals surface area contributed by atoms with E-state index in [1.54, 1.807) is 12.3 Å². The molecule has 4 atom stereocenters. The molecule has 8 nitrogen and oxygen atoms in total. The first kappa shape index (κ1) is 20.5. The fourth-order valence-corrected chi connectivity index (χ4v) is 4.65. The van der Waals surface area contributed by atoms with Crippen LogP contribution in [0.1, 0.15) is 37.7 Å². The molecule has 1 aromatic rings. The van der Waals surface area contributed by atoms with E-state index >= 15 is 0 Å². The molecular formula is C21H27FN6O2. The Morgan fingerprint density at radius 2 is 2.07 bits per heavy atom. The Labute approximate surface area is 175 Å². The number of nitrogens with zero attached hydrogens (tertiary/aromatic N) is 4. The van der Waals surface area contributed by atoms with E-state index in [1.165, 1.54) is 0 Å². The normalized spacial score (nSPS) is 29.0. The summed E-state index contributed by atoms with van der Waals surface area (Å²) in [5.74, 6) is 0.0394. The van der Waals surface area contributed by atoms with Crippen molar-refractivity contribution in [2.75, 3.05) is 31.1 Å². The maximum atomic E-state index is 14.1. The van der Waals surface area contributed by atoms with Gasteiger partial charge in [-0.1, -0.05) is 0 Å². The van der Waals surface area contributed by atoms with E-state index in [9.17, 15) is 14.0 Å². The maximum Gasteiger partial charge on any atom is 0.228 e. The molecule has 2 amide bonds. The van der Waals surface area contributed by atoms with Crippen molar-refractivity contribution in [2.24, 2.45) is 5.92 Å². The van der Waals surface area contributed by atoms with Crippen LogP contribution < -0.4 is 15.5 Å². The predicted molar refractivity (Wildman–Crippen MR) is 108 cm³/mol. The van der Waals surface area contributed by atoms with Crippen LogP contribution in [0.25, 0.3) is 0 Å². The summed E-state index contributed by atoms with van der Waals surface area (Å²) in [7, 11) is 0. The third-order valence-electron chi connectivity index (χ3n) is 6.33. The molecule has 4 rings (SSSR count). The molecule has 0 aromatic carbocycles. The van der Waals surface area contributed by atoms with Crippen molar-refractivity contribution in [3.63, 3.8) is 0 Å². The molecule has 4 unspecified atom stereocenters. The first-order valence-corrected chi connectivity index (χ1v) is 10.6. The highest BCUT2D eigenvalue weighted by atomic mass is 19.1. The zero-order valence-electron chi connectivity index (χ0n) is 16.9. The molecule has 9 heteroatoms. The molecule has 3 aliphatic rings. The topological polar surface area (TPSA) is 101 Å². The number of hydrogen-bond donors (Lipinski definition) is 2. The second kappa shape index (κ2) is 8.96. The number of carbonyl (C=O) groups excluding carboxylic acids is 2. The summed E-state index contributed by atoms with van der Waals surface area (Å²) in [4.78, 5) is 33.2. The van der Waals surface area contributed by atoms with Gasteiger partial charge in [0.2, 0.25) is 11.8 Å². The highest BCUT2D eigenvalue weighted by Crippen LogP contribution is 2.30. The van der Waals surface area contributed by atoms with Gasteiger partial charge >= 0.3 is 0 Å². The monoisotopic (exact) mass is 414 g/mol. The van der Waals surface area contributed by atoms with E-state index in [-0.39, 0.29) is 24.0 Å². The molecule has 2 aliphatic heterocycles. The van der Waals surface area contributed by atoms with Crippen LogP contribution in [0.5, 0.6) is 0 Å². The van der Waals surface area contributed by atoms with Gasteiger partial charge in [-0.15, -0.1) is 0 Å². The van der Waals surface area contributed by atoms with Gasteiger partial charge in [-0.25, -0.2) is 9.37 Å². The number of halogens is 1. The number of hydrogen-bond acceptors (Lipinski definition) is 6. The fraction of sp³-hybridized carbons (Fsp3) is 0.619. The van der Waals surface area contributed by atoms with Gasteiger partial charge in [0.25, 0.3) is 0 Å². The maximum absolute atomic E-state index is 14.1. The number of anilines is 1. The van der Waals surface area contributed by atoms with Crippen molar-refractivity contribution in [3.8, 4) is 6.07 Å². The lowest BCUT2D eigenvalue weighted by atomic mass is 9.80. The van der Waals surface area contributed by atoms with Gasteiger partial charge in [0.15, 0.2) is 0 Å².